The van der Waals surface area contributed by atoms with Crippen LogP contribution >= 0.6 is 70.7 Å². The van der Waals surface area contributed by atoms with Crippen molar-refractivity contribution in [2.45, 2.75) is 0 Å². The fraction of sp³-hybridized carbons (Fsp3) is 0. The van der Waals surface area contributed by atoms with Gasteiger partial charge in [-0.1, -0.05) is 0 Å². The van der Waals surface area contributed by atoms with Crippen LogP contribution in [-0.2, 0) is 0 Å². The number of nitrogens with one attached hydrogen (secondary N) is 1. The van der Waals surface area contributed by atoms with Crippen LogP contribution in [0.5, 0.6) is 0 Å². The van der Waals surface area contributed by atoms with Crippen molar-refractivity contribution in [3.8, 4) is 0 Å². The Hall–Kier alpha value is 0.480. The van der Waals surface area contributed by atoms with E-state index in [2.05, 4.69) is 9.02 Å². The summed E-state index contributed by atoms with van der Waals surface area (Å²) in [5, 5.41) is 0. The minimum Gasteiger partial charge on any atom is -0.266 e. The number of hydrogen-bond acceptors (Lipinski definition) is 2. The second kappa shape index (κ2) is 6.86. The molecule has 1 N–H and O–H groups in total. The largest absolute Gasteiger partial charge is 0.266 e. The van der Waals surface area contributed by atoms with E-state index in [0.717, 1.165) is 0 Å². The number of nitrogens with zero attached hydrogens (tertiary/aromatic N) is 4. The Bertz CT molecular complexity index is 213. The molecule has 11 heteroatoms. The average molecular weight is 308 g/mol. The van der Waals surface area contributed by atoms with Crippen molar-refractivity contribution in [3.05, 3.63) is 0 Å². The standard InChI is InChI=1S/C2HCl6N5/c3-9-1(10-4)12(6)2(11-5)13(7)8/h(H,9,10). The molecule has 0 amide bonds. The summed E-state index contributed by atoms with van der Waals surface area (Å²) in [6.07, 6.45) is 0. The van der Waals surface area contributed by atoms with Gasteiger partial charge in [-0.3, -0.25) is 4.84 Å². The highest BCUT2D eigenvalue weighted by Gasteiger charge is 2.19. The van der Waals surface area contributed by atoms with Crippen molar-refractivity contribution in [1.82, 2.24) is 13.2 Å². The number of rotatable bonds is 0. The molecule has 13 heavy (non-hydrogen) atoms. The molecule has 0 aromatic rings. The Kier molecular flexibility index (Phi) is 7.12. The number of guanidine groups is 2. The van der Waals surface area contributed by atoms with Crippen LogP contribution in [0.3, 0.4) is 0 Å². The minimum atomic E-state index is -0.251. The van der Waals surface area contributed by atoms with E-state index in [-0.39, 0.29) is 11.9 Å². The summed E-state index contributed by atoms with van der Waals surface area (Å²) in [4.78, 5) is 2.02. The Morgan fingerprint density at radius 2 is 1.62 bits per heavy atom. The Morgan fingerprint density at radius 3 is 1.85 bits per heavy atom. The fourth-order valence-corrected chi connectivity index (χ4v) is 1.44. The summed E-state index contributed by atoms with van der Waals surface area (Å²) < 4.78 is 7.42. The molecule has 0 aromatic heterocycles. The van der Waals surface area contributed by atoms with Gasteiger partial charge in [-0.25, -0.2) is 0 Å². The van der Waals surface area contributed by atoms with Crippen molar-refractivity contribution in [3.63, 3.8) is 0 Å². The lowest BCUT2D eigenvalue weighted by Crippen LogP contribution is -2.38. The van der Waals surface area contributed by atoms with Crippen LogP contribution < -0.4 is 4.84 Å². The molecule has 0 aromatic carbocycles. The van der Waals surface area contributed by atoms with Crippen molar-refractivity contribution in [1.29, 1.82) is 0 Å². The first kappa shape index (κ1) is 13.5. The average Bonchev–Trinajstić information content (AvgIpc) is 2.07. The zero-order valence-corrected chi connectivity index (χ0v) is 10.1. The summed E-state index contributed by atoms with van der Waals surface area (Å²) in [7, 11) is 0. The molecule has 0 saturated heterocycles. The van der Waals surface area contributed by atoms with Crippen LogP contribution in [0.15, 0.2) is 9.02 Å². The van der Waals surface area contributed by atoms with Gasteiger partial charge in [-0.2, -0.15) is 8.36 Å². The van der Waals surface area contributed by atoms with Gasteiger partial charge in [-0.05, 0) is 0 Å². The van der Waals surface area contributed by atoms with Crippen molar-refractivity contribution in [2.24, 2.45) is 9.02 Å². The molecule has 0 atom stereocenters. The summed E-state index contributed by atoms with van der Waals surface area (Å²) in [5.41, 5.74) is 0. The van der Waals surface area contributed by atoms with Crippen LogP contribution in [0.4, 0.5) is 0 Å². The maximum Gasteiger partial charge on any atom is 0.266 e. The summed E-state index contributed by atoms with van der Waals surface area (Å²) in [6.45, 7) is 0. The number of hydrogen-bond donors (Lipinski definition) is 1. The molecular formula is C2HCl6N5. The van der Waals surface area contributed by atoms with Gasteiger partial charge in [0.2, 0.25) is 5.96 Å². The first-order chi connectivity index (χ1) is 6.08. The van der Waals surface area contributed by atoms with Crippen molar-refractivity contribution < 1.29 is 0 Å². The van der Waals surface area contributed by atoms with Crippen LogP contribution in [0, 0.1) is 0 Å². The fourth-order valence-electron chi connectivity index (χ4n) is 0.309. The van der Waals surface area contributed by atoms with Crippen LogP contribution in [-0.4, -0.2) is 20.3 Å². The summed E-state index contributed by atoms with van der Waals surface area (Å²) >= 11 is 31.5. The van der Waals surface area contributed by atoms with E-state index in [1.165, 1.54) is 0 Å². The topological polar surface area (TPSA) is 43.2 Å². The normalized spacial score (nSPS) is 12.8. The van der Waals surface area contributed by atoms with E-state index in [0.29, 0.717) is 8.36 Å². The predicted molar refractivity (Wildman–Crippen MR) is 56.8 cm³/mol. The van der Waals surface area contributed by atoms with Crippen LogP contribution in [0.25, 0.3) is 0 Å². The van der Waals surface area contributed by atoms with Crippen molar-refractivity contribution >= 4 is 82.6 Å². The van der Waals surface area contributed by atoms with Gasteiger partial charge < -0.3 is 0 Å². The SMILES string of the molecule is ClN=C(NCl)N(Cl)C(=NCl)N(Cl)Cl. The molecule has 0 aliphatic heterocycles. The molecule has 0 aliphatic rings. The first-order valence-electron chi connectivity index (χ1n) is 2.40. The number of halogens is 6. The van der Waals surface area contributed by atoms with Gasteiger partial charge in [0.1, 0.15) is 0 Å². The third kappa shape index (κ3) is 4.01. The van der Waals surface area contributed by atoms with E-state index in [1.54, 1.807) is 0 Å². The highest BCUT2D eigenvalue weighted by Crippen LogP contribution is 2.11. The Balaban J connectivity index is 4.65. The van der Waals surface area contributed by atoms with Gasteiger partial charge in [-0.15, -0.1) is 9.02 Å². The predicted octanol–water partition coefficient (Wildman–Crippen LogP) is 2.81. The lowest BCUT2D eigenvalue weighted by Gasteiger charge is -2.17. The second-order valence-corrected chi connectivity index (χ2v) is 3.12. The third-order valence-electron chi connectivity index (χ3n) is 0.753. The zero-order chi connectivity index (χ0) is 10.4. The summed E-state index contributed by atoms with van der Waals surface area (Å²) in [6, 6.07) is 0. The molecule has 0 radical (unpaired) electrons. The molecular weight excluding hydrogens is 307 g/mol. The lowest BCUT2D eigenvalue weighted by molar-refractivity contribution is 0.837. The van der Waals surface area contributed by atoms with Gasteiger partial charge in [0, 0.05) is 70.7 Å². The Morgan fingerprint density at radius 1 is 1.08 bits per heavy atom. The minimum absolute atomic E-state index is 0.171. The van der Waals surface area contributed by atoms with E-state index in [1.807, 2.05) is 4.84 Å². The molecule has 0 spiro atoms. The maximum atomic E-state index is 5.55. The van der Waals surface area contributed by atoms with E-state index in [4.69, 9.17) is 70.7 Å². The van der Waals surface area contributed by atoms with Crippen molar-refractivity contribution in [2.75, 3.05) is 0 Å². The smallest absolute Gasteiger partial charge is 0.266 e. The van der Waals surface area contributed by atoms with Crippen LogP contribution in [0.1, 0.15) is 0 Å². The first-order valence-corrected chi connectivity index (χ1v) is 4.47. The summed E-state index contributed by atoms with van der Waals surface area (Å²) in [5.74, 6) is -0.421. The molecule has 0 unspecified atom stereocenters. The second-order valence-electron chi connectivity index (χ2n) is 1.40. The molecule has 5 nitrogen and oxygen atoms in total. The molecule has 0 saturated carbocycles. The molecule has 0 aliphatic carbocycles. The molecule has 0 bridgehead atoms. The van der Waals surface area contributed by atoms with Gasteiger partial charge in [0.05, 0.1) is 0 Å². The monoisotopic (exact) mass is 305 g/mol. The van der Waals surface area contributed by atoms with Crippen LogP contribution in [0.2, 0.25) is 0 Å². The highest BCUT2D eigenvalue weighted by molar-refractivity contribution is 6.48. The molecule has 0 rings (SSSR count). The molecule has 0 fully saturated rings. The third-order valence-corrected chi connectivity index (χ3v) is 1.85. The lowest BCUT2D eigenvalue weighted by atomic mass is 10.9. The highest BCUT2D eigenvalue weighted by atomic mass is 35.5. The zero-order valence-electron chi connectivity index (χ0n) is 5.56. The van der Waals surface area contributed by atoms with E-state index < -0.39 is 0 Å². The van der Waals surface area contributed by atoms with Gasteiger partial charge >= 0.3 is 0 Å². The quantitative estimate of drug-likeness (QED) is 0.425. The van der Waals surface area contributed by atoms with E-state index in [9.17, 15) is 0 Å². The van der Waals surface area contributed by atoms with Gasteiger partial charge in [0.25, 0.3) is 5.96 Å². The van der Waals surface area contributed by atoms with E-state index >= 15 is 0 Å². The Labute approximate surface area is 104 Å². The van der Waals surface area contributed by atoms with Gasteiger partial charge in [0.15, 0.2) is 0 Å². The molecule has 0 heterocycles. The maximum absolute atomic E-state index is 5.55. The molecule has 76 valence electrons.